The number of anilines is 1. The van der Waals surface area contributed by atoms with Gasteiger partial charge < -0.3 is 16.0 Å². The Hall–Kier alpha value is -1.59. The molecule has 1 aliphatic heterocycles. The van der Waals surface area contributed by atoms with Gasteiger partial charge in [-0.3, -0.25) is 9.59 Å². The molecule has 2 rings (SSSR count). The van der Waals surface area contributed by atoms with Crippen LogP contribution in [0.4, 0.5) is 5.69 Å². The van der Waals surface area contributed by atoms with Crippen LogP contribution < -0.4 is 16.0 Å². The first-order valence-corrected chi connectivity index (χ1v) is 7.97. The summed E-state index contributed by atoms with van der Waals surface area (Å²) in [6.07, 6.45) is 1.37. The zero-order chi connectivity index (χ0) is 15.9. The topological polar surface area (TPSA) is 70.2 Å². The molecule has 0 aliphatic carbocycles. The molecule has 1 saturated heterocycles. The van der Waals surface area contributed by atoms with Gasteiger partial charge in [0.05, 0.1) is 0 Å². The predicted octanol–water partition coefficient (Wildman–Crippen LogP) is 2.32. The van der Waals surface area contributed by atoms with Gasteiger partial charge in [0.2, 0.25) is 11.8 Å². The van der Waals surface area contributed by atoms with Gasteiger partial charge in [-0.25, -0.2) is 0 Å². The molecule has 0 spiro atoms. The van der Waals surface area contributed by atoms with Crippen LogP contribution in [0, 0.1) is 11.8 Å². The molecule has 0 aromatic heterocycles. The van der Waals surface area contributed by atoms with Crippen LogP contribution in [0.15, 0.2) is 24.3 Å². The molecule has 6 heteroatoms. The Morgan fingerprint density at radius 2 is 1.91 bits per heavy atom. The lowest BCUT2D eigenvalue weighted by atomic mass is 9.88. The molecule has 0 radical (unpaired) electrons. The fourth-order valence-corrected chi connectivity index (χ4v) is 2.39. The lowest BCUT2D eigenvalue weighted by Crippen LogP contribution is -2.49. The highest BCUT2D eigenvalue weighted by molar-refractivity contribution is 5.90. The molecule has 23 heavy (non-hydrogen) atoms. The lowest BCUT2D eigenvalue weighted by molar-refractivity contribution is -0.126. The molecule has 1 heterocycles. The van der Waals surface area contributed by atoms with E-state index >= 15 is 0 Å². The Labute approximate surface area is 144 Å². The maximum atomic E-state index is 12.0. The second kappa shape index (κ2) is 9.53. The summed E-state index contributed by atoms with van der Waals surface area (Å²) in [6.45, 7) is 6.34. The third kappa shape index (κ3) is 5.84. The van der Waals surface area contributed by atoms with E-state index in [4.69, 9.17) is 0 Å². The number of nitrogens with one attached hydrogen (secondary N) is 3. The third-order valence-corrected chi connectivity index (χ3v) is 4.12. The first kappa shape index (κ1) is 19.5. The number of halogens is 1. The monoisotopic (exact) mass is 339 g/mol. The highest BCUT2D eigenvalue weighted by Gasteiger charge is 2.28. The third-order valence-electron chi connectivity index (χ3n) is 4.12. The van der Waals surface area contributed by atoms with Crippen LogP contribution in [0.2, 0.25) is 0 Å². The minimum absolute atomic E-state index is 0. The molecular formula is C17H26ClN3O2. The molecular weight excluding hydrogens is 314 g/mol. The van der Waals surface area contributed by atoms with Crippen molar-refractivity contribution in [1.29, 1.82) is 0 Å². The zero-order valence-corrected chi connectivity index (χ0v) is 14.5. The van der Waals surface area contributed by atoms with Crippen molar-refractivity contribution in [2.45, 2.75) is 33.2 Å². The predicted molar refractivity (Wildman–Crippen MR) is 94.6 cm³/mol. The van der Waals surface area contributed by atoms with Gasteiger partial charge in [-0.15, -0.1) is 12.4 Å². The van der Waals surface area contributed by atoms with Crippen LogP contribution in [0.1, 0.15) is 32.3 Å². The molecule has 5 nitrogen and oxygen atoms in total. The number of carbonyl (C=O) groups excluding carboxylic acids is 2. The van der Waals surface area contributed by atoms with Crippen molar-refractivity contribution in [3.63, 3.8) is 0 Å². The number of hydrogen-bond donors (Lipinski definition) is 3. The highest BCUT2D eigenvalue weighted by atomic mass is 35.5. The standard InChI is InChI=1S/C17H25N3O2.ClH/c1-3-4-16(21)20-15-7-5-13(6-8-15)9-19-17(22)12(2)14-10-18-11-14;/h5-8,12,14,18H,3-4,9-11H2,1-2H3,(H,19,22)(H,20,21);1H. The Morgan fingerprint density at radius 3 is 2.43 bits per heavy atom. The molecule has 128 valence electrons. The van der Waals surface area contributed by atoms with Crippen molar-refractivity contribution < 1.29 is 9.59 Å². The Kier molecular flexibility index (Phi) is 8.06. The molecule has 1 unspecified atom stereocenters. The van der Waals surface area contributed by atoms with Crippen molar-refractivity contribution in [3.8, 4) is 0 Å². The van der Waals surface area contributed by atoms with E-state index in [-0.39, 0.29) is 30.1 Å². The maximum Gasteiger partial charge on any atom is 0.224 e. The second-order valence-electron chi connectivity index (χ2n) is 5.92. The van der Waals surface area contributed by atoms with Crippen molar-refractivity contribution in [1.82, 2.24) is 10.6 Å². The quantitative estimate of drug-likeness (QED) is 0.714. The van der Waals surface area contributed by atoms with E-state index in [9.17, 15) is 9.59 Å². The van der Waals surface area contributed by atoms with E-state index in [1.807, 2.05) is 38.1 Å². The normalized spacial score (nSPS) is 15.0. The summed E-state index contributed by atoms with van der Waals surface area (Å²) in [5.41, 5.74) is 1.82. The zero-order valence-electron chi connectivity index (χ0n) is 13.7. The number of benzene rings is 1. The van der Waals surface area contributed by atoms with Gasteiger partial charge in [-0.05, 0) is 43.1 Å². The summed E-state index contributed by atoms with van der Waals surface area (Å²) < 4.78 is 0. The van der Waals surface area contributed by atoms with Gasteiger partial charge in [0, 0.05) is 24.6 Å². The van der Waals surface area contributed by atoms with Crippen LogP contribution in [-0.2, 0) is 16.1 Å². The average molecular weight is 340 g/mol. The van der Waals surface area contributed by atoms with E-state index in [1.54, 1.807) is 0 Å². The summed E-state index contributed by atoms with van der Waals surface area (Å²) in [4.78, 5) is 23.6. The van der Waals surface area contributed by atoms with Crippen LogP contribution in [0.3, 0.4) is 0 Å². The van der Waals surface area contributed by atoms with Crippen LogP contribution >= 0.6 is 12.4 Å². The molecule has 2 amide bonds. The van der Waals surface area contributed by atoms with Crippen molar-refractivity contribution in [2.75, 3.05) is 18.4 Å². The van der Waals surface area contributed by atoms with Gasteiger partial charge >= 0.3 is 0 Å². The molecule has 3 N–H and O–H groups in total. The van der Waals surface area contributed by atoms with Crippen LogP contribution in [0.5, 0.6) is 0 Å². The minimum atomic E-state index is 0. The Morgan fingerprint density at radius 1 is 1.26 bits per heavy atom. The lowest BCUT2D eigenvalue weighted by Gasteiger charge is -2.31. The van der Waals surface area contributed by atoms with Crippen LogP contribution in [-0.4, -0.2) is 24.9 Å². The fourth-order valence-electron chi connectivity index (χ4n) is 2.39. The summed E-state index contributed by atoms with van der Waals surface area (Å²) in [5, 5.41) is 9.01. The smallest absolute Gasteiger partial charge is 0.224 e. The van der Waals surface area contributed by atoms with E-state index in [0.29, 0.717) is 18.9 Å². The van der Waals surface area contributed by atoms with Gasteiger partial charge in [-0.2, -0.15) is 0 Å². The summed E-state index contributed by atoms with van der Waals surface area (Å²) in [7, 11) is 0. The number of carbonyl (C=O) groups is 2. The minimum Gasteiger partial charge on any atom is -0.352 e. The van der Waals surface area contributed by atoms with Crippen LogP contribution in [0.25, 0.3) is 0 Å². The van der Waals surface area contributed by atoms with Gasteiger partial charge in [0.25, 0.3) is 0 Å². The number of hydrogen-bond acceptors (Lipinski definition) is 3. The van der Waals surface area contributed by atoms with Gasteiger partial charge in [0.1, 0.15) is 0 Å². The average Bonchev–Trinajstić information content (AvgIpc) is 2.44. The molecule has 1 aromatic rings. The van der Waals surface area contributed by atoms with E-state index < -0.39 is 0 Å². The Bertz CT molecular complexity index is 515. The van der Waals surface area contributed by atoms with Gasteiger partial charge in [-0.1, -0.05) is 26.0 Å². The summed E-state index contributed by atoms with van der Waals surface area (Å²) in [6, 6.07) is 7.59. The SMILES string of the molecule is CCCC(=O)Nc1ccc(CNC(=O)C(C)C2CNC2)cc1.Cl. The first-order valence-electron chi connectivity index (χ1n) is 7.97. The highest BCUT2D eigenvalue weighted by Crippen LogP contribution is 2.16. The maximum absolute atomic E-state index is 12.0. The first-order chi connectivity index (χ1) is 10.6. The molecule has 1 aromatic carbocycles. The molecule has 0 saturated carbocycles. The summed E-state index contributed by atoms with van der Waals surface area (Å²) >= 11 is 0. The largest absolute Gasteiger partial charge is 0.352 e. The van der Waals surface area contributed by atoms with Crippen molar-refractivity contribution in [3.05, 3.63) is 29.8 Å². The van der Waals surface area contributed by atoms with E-state index in [1.165, 1.54) is 0 Å². The Balaban J connectivity index is 0.00000264. The molecule has 1 fully saturated rings. The summed E-state index contributed by atoms with van der Waals surface area (Å²) in [5.74, 6) is 0.642. The molecule has 1 atom stereocenters. The second-order valence-corrected chi connectivity index (χ2v) is 5.92. The van der Waals surface area contributed by atoms with Gasteiger partial charge in [0.15, 0.2) is 0 Å². The molecule has 1 aliphatic rings. The number of amides is 2. The van der Waals surface area contributed by atoms with Crippen molar-refractivity contribution >= 4 is 29.9 Å². The van der Waals surface area contributed by atoms with Crippen molar-refractivity contribution in [2.24, 2.45) is 11.8 Å². The number of rotatable bonds is 7. The van der Waals surface area contributed by atoms with E-state index in [2.05, 4.69) is 16.0 Å². The fraction of sp³-hybridized carbons (Fsp3) is 0.529. The van der Waals surface area contributed by atoms with E-state index in [0.717, 1.165) is 30.8 Å². The molecule has 0 bridgehead atoms.